The fourth-order valence-electron chi connectivity index (χ4n) is 2.29. The highest BCUT2D eigenvalue weighted by molar-refractivity contribution is 9.10. The summed E-state index contributed by atoms with van der Waals surface area (Å²) in [6, 6.07) is 4.21. The van der Waals surface area contributed by atoms with Gasteiger partial charge >= 0.3 is 0 Å². The molecular formula is C12H16BrNO. The molecule has 0 amide bonds. The predicted molar refractivity (Wildman–Crippen MR) is 65.7 cm³/mol. The average Bonchev–Trinajstić information content (AvgIpc) is 2.74. The minimum atomic E-state index is 0.595. The SMILES string of the molecule is COc1c(Br)ccc(C)c1C1CCNC1. The zero-order valence-corrected chi connectivity index (χ0v) is 10.7. The van der Waals surface area contributed by atoms with E-state index in [9.17, 15) is 0 Å². The molecular weight excluding hydrogens is 254 g/mol. The zero-order chi connectivity index (χ0) is 10.8. The Morgan fingerprint density at radius 1 is 1.47 bits per heavy atom. The van der Waals surface area contributed by atoms with Gasteiger partial charge in [0.15, 0.2) is 0 Å². The Kier molecular flexibility index (Phi) is 3.32. The van der Waals surface area contributed by atoms with Crippen molar-refractivity contribution in [3.63, 3.8) is 0 Å². The summed E-state index contributed by atoms with van der Waals surface area (Å²) in [6.07, 6.45) is 1.20. The standard InChI is InChI=1S/C12H16BrNO/c1-8-3-4-10(13)12(15-2)11(8)9-5-6-14-7-9/h3-4,9,14H,5-7H2,1-2H3. The van der Waals surface area contributed by atoms with Crippen molar-refractivity contribution in [3.8, 4) is 5.75 Å². The van der Waals surface area contributed by atoms with E-state index in [4.69, 9.17) is 4.74 Å². The lowest BCUT2D eigenvalue weighted by Gasteiger charge is -2.18. The van der Waals surface area contributed by atoms with Crippen LogP contribution < -0.4 is 10.1 Å². The molecule has 1 N–H and O–H groups in total. The van der Waals surface area contributed by atoms with Crippen molar-refractivity contribution < 1.29 is 4.74 Å². The van der Waals surface area contributed by atoms with E-state index in [2.05, 4.69) is 40.3 Å². The molecule has 0 aliphatic carbocycles. The van der Waals surface area contributed by atoms with Crippen LogP contribution in [0.4, 0.5) is 0 Å². The van der Waals surface area contributed by atoms with Gasteiger partial charge in [0.1, 0.15) is 5.75 Å². The molecule has 2 nitrogen and oxygen atoms in total. The molecule has 1 saturated heterocycles. The fourth-order valence-corrected chi connectivity index (χ4v) is 2.79. The third kappa shape index (κ3) is 2.04. The molecule has 1 heterocycles. The van der Waals surface area contributed by atoms with Crippen LogP contribution in [0.25, 0.3) is 0 Å². The van der Waals surface area contributed by atoms with Crippen molar-refractivity contribution >= 4 is 15.9 Å². The molecule has 1 aromatic carbocycles. The quantitative estimate of drug-likeness (QED) is 0.892. The monoisotopic (exact) mass is 269 g/mol. The van der Waals surface area contributed by atoms with Gasteiger partial charge in [0.25, 0.3) is 0 Å². The molecule has 3 heteroatoms. The number of hydrogen-bond donors (Lipinski definition) is 1. The lowest BCUT2D eigenvalue weighted by molar-refractivity contribution is 0.403. The van der Waals surface area contributed by atoms with E-state index in [1.54, 1.807) is 7.11 Å². The summed E-state index contributed by atoms with van der Waals surface area (Å²) in [4.78, 5) is 0. The van der Waals surface area contributed by atoms with E-state index < -0.39 is 0 Å². The molecule has 0 saturated carbocycles. The molecule has 1 aliphatic rings. The Labute approximate surface area is 99.1 Å². The minimum Gasteiger partial charge on any atom is -0.495 e. The number of rotatable bonds is 2. The number of aryl methyl sites for hydroxylation is 1. The summed E-state index contributed by atoms with van der Waals surface area (Å²) < 4.78 is 6.55. The Bertz CT molecular complexity index is 359. The van der Waals surface area contributed by atoms with Crippen LogP contribution in [0.2, 0.25) is 0 Å². The number of methoxy groups -OCH3 is 1. The number of nitrogens with one attached hydrogen (secondary N) is 1. The number of ether oxygens (including phenoxy) is 1. The van der Waals surface area contributed by atoms with Gasteiger partial charge in [-0.1, -0.05) is 6.07 Å². The second kappa shape index (κ2) is 4.54. The van der Waals surface area contributed by atoms with Crippen molar-refractivity contribution in [2.24, 2.45) is 0 Å². The molecule has 15 heavy (non-hydrogen) atoms. The van der Waals surface area contributed by atoms with Crippen molar-refractivity contribution in [2.45, 2.75) is 19.3 Å². The first-order valence-electron chi connectivity index (χ1n) is 5.27. The summed E-state index contributed by atoms with van der Waals surface area (Å²) >= 11 is 3.54. The number of benzene rings is 1. The van der Waals surface area contributed by atoms with Crippen molar-refractivity contribution in [1.29, 1.82) is 0 Å². The van der Waals surface area contributed by atoms with Crippen LogP contribution in [-0.4, -0.2) is 20.2 Å². The summed E-state index contributed by atoms with van der Waals surface area (Å²) in [5.41, 5.74) is 2.68. The van der Waals surface area contributed by atoms with Crippen molar-refractivity contribution in [2.75, 3.05) is 20.2 Å². The number of halogens is 1. The maximum Gasteiger partial charge on any atom is 0.136 e. The van der Waals surface area contributed by atoms with Gasteiger partial charge in [0.2, 0.25) is 0 Å². The zero-order valence-electron chi connectivity index (χ0n) is 9.14. The molecule has 1 aliphatic heterocycles. The van der Waals surface area contributed by atoms with E-state index in [0.717, 1.165) is 23.3 Å². The van der Waals surface area contributed by atoms with Gasteiger partial charge < -0.3 is 10.1 Å². The Hall–Kier alpha value is -0.540. The van der Waals surface area contributed by atoms with E-state index >= 15 is 0 Å². The first-order valence-corrected chi connectivity index (χ1v) is 6.07. The van der Waals surface area contributed by atoms with Crippen LogP contribution in [-0.2, 0) is 0 Å². The van der Waals surface area contributed by atoms with E-state index in [0.29, 0.717) is 5.92 Å². The maximum atomic E-state index is 5.49. The minimum absolute atomic E-state index is 0.595. The second-order valence-electron chi connectivity index (χ2n) is 4.00. The lowest BCUT2D eigenvalue weighted by Crippen LogP contribution is -2.10. The van der Waals surface area contributed by atoms with Gasteiger partial charge in [-0.25, -0.2) is 0 Å². The Morgan fingerprint density at radius 2 is 2.27 bits per heavy atom. The summed E-state index contributed by atoms with van der Waals surface area (Å²) in [5, 5.41) is 3.40. The first kappa shape index (κ1) is 11.0. The van der Waals surface area contributed by atoms with Gasteiger partial charge in [0.05, 0.1) is 11.6 Å². The van der Waals surface area contributed by atoms with E-state index in [-0.39, 0.29) is 0 Å². The lowest BCUT2D eigenvalue weighted by atomic mass is 9.93. The summed E-state index contributed by atoms with van der Waals surface area (Å²) in [7, 11) is 1.74. The highest BCUT2D eigenvalue weighted by Crippen LogP contribution is 2.38. The Morgan fingerprint density at radius 3 is 2.87 bits per heavy atom. The van der Waals surface area contributed by atoms with Gasteiger partial charge in [-0.15, -0.1) is 0 Å². The topological polar surface area (TPSA) is 21.3 Å². The second-order valence-corrected chi connectivity index (χ2v) is 4.86. The molecule has 0 bridgehead atoms. The largest absolute Gasteiger partial charge is 0.495 e. The van der Waals surface area contributed by atoms with Crippen LogP contribution in [0.15, 0.2) is 16.6 Å². The third-order valence-corrected chi connectivity index (χ3v) is 3.66. The maximum absolute atomic E-state index is 5.49. The molecule has 1 unspecified atom stereocenters. The van der Waals surface area contributed by atoms with Gasteiger partial charge in [-0.3, -0.25) is 0 Å². The van der Waals surface area contributed by atoms with Crippen molar-refractivity contribution in [1.82, 2.24) is 5.32 Å². The molecule has 2 rings (SSSR count). The van der Waals surface area contributed by atoms with E-state index in [1.165, 1.54) is 17.5 Å². The van der Waals surface area contributed by atoms with Crippen LogP contribution in [0.3, 0.4) is 0 Å². The summed E-state index contributed by atoms with van der Waals surface area (Å²) in [5.74, 6) is 1.60. The highest BCUT2D eigenvalue weighted by Gasteiger charge is 2.23. The summed E-state index contributed by atoms with van der Waals surface area (Å²) in [6.45, 7) is 4.33. The first-order chi connectivity index (χ1) is 7.24. The van der Waals surface area contributed by atoms with Crippen LogP contribution in [0, 0.1) is 6.92 Å². The molecule has 0 aromatic heterocycles. The van der Waals surface area contributed by atoms with Gasteiger partial charge in [-0.2, -0.15) is 0 Å². The van der Waals surface area contributed by atoms with Gasteiger partial charge in [-0.05, 0) is 47.4 Å². The average molecular weight is 270 g/mol. The van der Waals surface area contributed by atoms with Crippen LogP contribution in [0.5, 0.6) is 5.75 Å². The normalized spacial score (nSPS) is 20.6. The Balaban J connectivity index is 2.46. The molecule has 1 atom stereocenters. The highest BCUT2D eigenvalue weighted by atomic mass is 79.9. The molecule has 0 radical (unpaired) electrons. The number of hydrogen-bond acceptors (Lipinski definition) is 2. The predicted octanol–water partition coefficient (Wildman–Crippen LogP) is 2.84. The molecule has 82 valence electrons. The smallest absolute Gasteiger partial charge is 0.136 e. The van der Waals surface area contributed by atoms with Gasteiger partial charge in [0, 0.05) is 18.0 Å². The van der Waals surface area contributed by atoms with Crippen LogP contribution in [0.1, 0.15) is 23.5 Å². The van der Waals surface area contributed by atoms with Crippen molar-refractivity contribution in [3.05, 3.63) is 27.7 Å². The third-order valence-electron chi connectivity index (χ3n) is 3.04. The van der Waals surface area contributed by atoms with Crippen LogP contribution >= 0.6 is 15.9 Å². The van der Waals surface area contributed by atoms with E-state index in [1.807, 2.05) is 0 Å². The molecule has 1 aromatic rings. The molecule has 1 fully saturated rings. The fraction of sp³-hybridized carbons (Fsp3) is 0.500. The molecule has 0 spiro atoms.